The van der Waals surface area contributed by atoms with Crippen LogP contribution in [-0.2, 0) is 13.6 Å². The topological polar surface area (TPSA) is 48.7 Å². The van der Waals surface area contributed by atoms with E-state index in [1.807, 2.05) is 18.8 Å². The molecule has 0 aromatic carbocycles. The number of nitrogens with one attached hydrogen (secondary N) is 1. The second-order valence-corrected chi connectivity index (χ2v) is 6.09. The SMILES string of the molecule is CCN(C)CCNC(=NC)N(C)Cc1cn(C)nc1C(C)C. The summed E-state index contributed by atoms with van der Waals surface area (Å²) in [4.78, 5) is 8.80. The van der Waals surface area contributed by atoms with E-state index in [0.717, 1.165) is 37.8 Å². The van der Waals surface area contributed by atoms with Crippen molar-refractivity contribution in [3.05, 3.63) is 17.5 Å². The molecule has 0 spiro atoms. The second-order valence-electron chi connectivity index (χ2n) is 6.09. The van der Waals surface area contributed by atoms with Gasteiger partial charge in [-0.3, -0.25) is 9.67 Å². The van der Waals surface area contributed by atoms with Crippen LogP contribution >= 0.6 is 0 Å². The van der Waals surface area contributed by atoms with Crippen molar-refractivity contribution < 1.29 is 0 Å². The van der Waals surface area contributed by atoms with Crippen molar-refractivity contribution >= 4 is 5.96 Å². The molecule has 1 aromatic heterocycles. The monoisotopic (exact) mass is 308 g/mol. The third kappa shape index (κ3) is 5.33. The van der Waals surface area contributed by atoms with Gasteiger partial charge in [-0.1, -0.05) is 20.8 Å². The molecule has 0 unspecified atom stereocenters. The van der Waals surface area contributed by atoms with E-state index in [0.29, 0.717) is 5.92 Å². The summed E-state index contributed by atoms with van der Waals surface area (Å²) in [6.07, 6.45) is 2.10. The van der Waals surface area contributed by atoms with E-state index >= 15 is 0 Å². The van der Waals surface area contributed by atoms with Gasteiger partial charge in [0.15, 0.2) is 5.96 Å². The number of likely N-dealkylation sites (N-methyl/N-ethyl adjacent to an activating group) is 1. The van der Waals surface area contributed by atoms with Crippen molar-refractivity contribution in [2.75, 3.05) is 40.8 Å². The number of aromatic nitrogens is 2. The van der Waals surface area contributed by atoms with Crippen LogP contribution in [0.2, 0.25) is 0 Å². The lowest BCUT2D eigenvalue weighted by Gasteiger charge is -2.23. The first-order valence-corrected chi connectivity index (χ1v) is 8.01. The fourth-order valence-electron chi connectivity index (χ4n) is 2.39. The van der Waals surface area contributed by atoms with Gasteiger partial charge in [-0.15, -0.1) is 0 Å². The summed E-state index contributed by atoms with van der Waals surface area (Å²) >= 11 is 0. The molecule has 0 aliphatic carbocycles. The number of guanidine groups is 1. The minimum atomic E-state index is 0.428. The molecular formula is C16H32N6. The molecule has 0 aliphatic heterocycles. The third-order valence-electron chi connectivity index (χ3n) is 3.78. The van der Waals surface area contributed by atoms with Crippen LogP contribution in [0.15, 0.2) is 11.2 Å². The first kappa shape index (κ1) is 18.5. The summed E-state index contributed by atoms with van der Waals surface area (Å²) in [5, 5.41) is 7.99. The molecule has 22 heavy (non-hydrogen) atoms. The predicted molar refractivity (Wildman–Crippen MR) is 93.3 cm³/mol. The molecule has 1 rings (SSSR count). The number of aliphatic imine (C=N–C) groups is 1. The Labute approximate surface area is 135 Å². The van der Waals surface area contributed by atoms with Gasteiger partial charge in [0.1, 0.15) is 0 Å². The molecule has 0 saturated heterocycles. The van der Waals surface area contributed by atoms with Crippen LogP contribution in [0.5, 0.6) is 0 Å². The zero-order valence-electron chi connectivity index (χ0n) is 15.2. The Morgan fingerprint density at radius 1 is 1.41 bits per heavy atom. The van der Waals surface area contributed by atoms with Gasteiger partial charge < -0.3 is 15.1 Å². The standard InChI is InChI=1S/C16H32N6/c1-8-20(5)10-9-18-16(17-4)21(6)11-14-12-22(7)19-15(14)13(2)3/h12-13H,8-11H2,1-7H3,(H,17,18). The highest BCUT2D eigenvalue weighted by atomic mass is 15.3. The largest absolute Gasteiger partial charge is 0.355 e. The van der Waals surface area contributed by atoms with Gasteiger partial charge in [0.25, 0.3) is 0 Å². The summed E-state index contributed by atoms with van der Waals surface area (Å²) in [5.74, 6) is 1.35. The smallest absolute Gasteiger partial charge is 0.193 e. The second kappa shape index (κ2) is 8.78. The number of nitrogens with zero attached hydrogens (tertiary/aromatic N) is 5. The molecule has 0 saturated carbocycles. The quantitative estimate of drug-likeness (QED) is 0.613. The Hall–Kier alpha value is -1.56. The number of rotatable bonds is 7. The highest BCUT2D eigenvalue weighted by Crippen LogP contribution is 2.18. The summed E-state index contributed by atoms with van der Waals surface area (Å²) in [6, 6.07) is 0. The molecule has 6 nitrogen and oxygen atoms in total. The van der Waals surface area contributed by atoms with Gasteiger partial charge in [-0.2, -0.15) is 5.10 Å². The summed E-state index contributed by atoms with van der Waals surface area (Å²) in [5.41, 5.74) is 2.42. The van der Waals surface area contributed by atoms with Crippen molar-refractivity contribution in [1.29, 1.82) is 0 Å². The van der Waals surface area contributed by atoms with Crippen LogP contribution in [0, 0.1) is 0 Å². The van der Waals surface area contributed by atoms with Gasteiger partial charge in [0.2, 0.25) is 0 Å². The molecule has 0 amide bonds. The predicted octanol–water partition coefficient (Wildman–Crippen LogP) is 1.50. The van der Waals surface area contributed by atoms with Crippen molar-refractivity contribution in [3.63, 3.8) is 0 Å². The Morgan fingerprint density at radius 2 is 2.09 bits per heavy atom. The summed E-state index contributed by atoms with van der Waals surface area (Å²) in [7, 11) is 7.99. The van der Waals surface area contributed by atoms with Crippen LogP contribution in [0.4, 0.5) is 0 Å². The molecule has 0 atom stereocenters. The zero-order chi connectivity index (χ0) is 16.7. The molecule has 1 heterocycles. The number of hydrogen-bond acceptors (Lipinski definition) is 3. The Balaban J connectivity index is 2.64. The Morgan fingerprint density at radius 3 is 2.64 bits per heavy atom. The Kier molecular flexibility index (Phi) is 7.38. The van der Waals surface area contributed by atoms with E-state index in [2.05, 4.69) is 66.3 Å². The zero-order valence-corrected chi connectivity index (χ0v) is 15.2. The molecule has 0 fully saturated rings. The van der Waals surface area contributed by atoms with Gasteiger partial charge in [-0.25, -0.2) is 0 Å². The van der Waals surface area contributed by atoms with Crippen LogP contribution < -0.4 is 5.32 Å². The first-order chi connectivity index (χ1) is 10.4. The lowest BCUT2D eigenvalue weighted by Crippen LogP contribution is -2.41. The number of hydrogen-bond donors (Lipinski definition) is 1. The van der Waals surface area contributed by atoms with E-state index in [1.165, 1.54) is 5.56 Å². The lowest BCUT2D eigenvalue weighted by molar-refractivity contribution is 0.353. The van der Waals surface area contributed by atoms with Crippen LogP contribution in [0.3, 0.4) is 0 Å². The normalized spacial score (nSPS) is 12.3. The van der Waals surface area contributed by atoms with Crippen molar-refractivity contribution in [1.82, 2.24) is 24.9 Å². The van der Waals surface area contributed by atoms with Crippen molar-refractivity contribution in [2.45, 2.75) is 33.2 Å². The maximum Gasteiger partial charge on any atom is 0.193 e. The van der Waals surface area contributed by atoms with E-state index in [4.69, 9.17) is 0 Å². The van der Waals surface area contributed by atoms with E-state index in [-0.39, 0.29) is 0 Å². The molecule has 6 heteroatoms. The summed E-state index contributed by atoms with van der Waals surface area (Å²) in [6.45, 7) is 10.3. The van der Waals surface area contributed by atoms with Gasteiger partial charge in [0, 0.05) is 52.5 Å². The van der Waals surface area contributed by atoms with Gasteiger partial charge in [0.05, 0.1) is 5.69 Å². The molecule has 0 radical (unpaired) electrons. The third-order valence-corrected chi connectivity index (χ3v) is 3.78. The maximum absolute atomic E-state index is 4.57. The average Bonchev–Trinajstić information content (AvgIpc) is 2.83. The Bertz CT molecular complexity index is 477. The molecule has 1 N–H and O–H groups in total. The van der Waals surface area contributed by atoms with E-state index in [9.17, 15) is 0 Å². The van der Waals surface area contributed by atoms with E-state index in [1.54, 1.807) is 0 Å². The molecule has 0 aliphatic rings. The average molecular weight is 308 g/mol. The molecule has 1 aromatic rings. The maximum atomic E-state index is 4.57. The summed E-state index contributed by atoms with van der Waals surface area (Å²) < 4.78 is 1.89. The molecule has 126 valence electrons. The lowest BCUT2D eigenvalue weighted by atomic mass is 10.1. The fourth-order valence-corrected chi connectivity index (χ4v) is 2.39. The van der Waals surface area contributed by atoms with Gasteiger partial charge >= 0.3 is 0 Å². The minimum absolute atomic E-state index is 0.428. The highest BCUT2D eigenvalue weighted by Gasteiger charge is 2.14. The highest BCUT2D eigenvalue weighted by molar-refractivity contribution is 5.79. The molecular weight excluding hydrogens is 276 g/mol. The molecule has 0 bridgehead atoms. The minimum Gasteiger partial charge on any atom is -0.355 e. The van der Waals surface area contributed by atoms with Crippen LogP contribution in [-0.4, -0.2) is 66.3 Å². The van der Waals surface area contributed by atoms with Crippen LogP contribution in [0.25, 0.3) is 0 Å². The van der Waals surface area contributed by atoms with Crippen molar-refractivity contribution in [2.24, 2.45) is 12.0 Å². The first-order valence-electron chi connectivity index (χ1n) is 8.01. The van der Waals surface area contributed by atoms with Gasteiger partial charge in [-0.05, 0) is 19.5 Å². The number of aryl methyl sites for hydroxylation is 1. The van der Waals surface area contributed by atoms with Crippen LogP contribution in [0.1, 0.15) is 37.9 Å². The van der Waals surface area contributed by atoms with Crippen molar-refractivity contribution in [3.8, 4) is 0 Å². The van der Waals surface area contributed by atoms with E-state index < -0.39 is 0 Å². The fraction of sp³-hybridized carbons (Fsp3) is 0.750.